The van der Waals surface area contributed by atoms with E-state index in [2.05, 4.69) is 10.6 Å². The molecule has 1 unspecified atom stereocenters. The molecule has 1 fully saturated rings. The number of aliphatic carboxylic acids is 1. The van der Waals surface area contributed by atoms with Crippen molar-refractivity contribution >= 4 is 18.0 Å². The van der Waals surface area contributed by atoms with Gasteiger partial charge in [-0.3, -0.25) is 4.79 Å². The average molecular weight is 444 g/mol. The molecule has 0 aromatic heterocycles. The Balaban J connectivity index is 1.42. The van der Waals surface area contributed by atoms with E-state index < -0.39 is 42.4 Å². The third kappa shape index (κ3) is 4.28. The van der Waals surface area contributed by atoms with Crippen LogP contribution in [0.5, 0.6) is 0 Å². The van der Waals surface area contributed by atoms with Crippen molar-refractivity contribution in [3.05, 3.63) is 59.7 Å². The maximum absolute atomic E-state index is 13.0. The fourth-order valence-electron chi connectivity index (χ4n) is 4.03. The van der Waals surface area contributed by atoms with E-state index in [4.69, 9.17) is 4.74 Å². The van der Waals surface area contributed by atoms with Crippen LogP contribution in [-0.4, -0.2) is 47.7 Å². The van der Waals surface area contributed by atoms with Gasteiger partial charge in [0, 0.05) is 12.3 Å². The van der Waals surface area contributed by atoms with Crippen LogP contribution >= 0.6 is 0 Å². The number of hydrogen-bond acceptors (Lipinski definition) is 4. The fraction of sp³-hybridized carbons (Fsp3) is 0.348. The highest BCUT2D eigenvalue weighted by molar-refractivity contribution is 5.93. The quantitative estimate of drug-likeness (QED) is 0.580. The van der Waals surface area contributed by atoms with E-state index >= 15 is 0 Å². The van der Waals surface area contributed by atoms with Crippen LogP contribution in [0.4, 0.5) is 13.6 Å². The SMILES string of the molecule is O=C(NC(CC(F)F)C(=O)NC1(C(=O)O)CC1)OCC1c2ccccc2-c2ccccc21. The van der Waals surface area contributed by atoms with Gasteiger partial charge in [0.1, 0.15) is 18.2 Å². The highest BCUT2D eigenvalue weighted by Gasteiger charge is 2.52. The largest absolute Gasteiger partial charge is 0.480 e. The summed E-state index contributed by atoms with van der Waals surface area (Å²) in [6, 6.07) is 13.8. The molecule has 3 N–H and O–H groups in total. The van der Waals surface area contributed by atoms with Crippen LogP contribution in [0.1, 0.15) is 36.3 Å². The van der Waals surface area contributed by atoms with Crippen LogP contribution in [0.15, 0.2) is 48.5 Å². The Hall–Kier alpha value is -3.49. The molecule has 1 saturated carbocycles. The van der Waals surface area contributed by atoms with Gasteiger partial charge in [0.15, 0.2) is 0 Å². The van der Waals surface area contributed by atoms with Crippen molar-refractivity contribution in [2.24, 2.45) is 0 Å². The summed E-state index contributed by atoms with van der Waals surface area (Å²) in [6.07, 6.45) is -4.43. The minimum Gasteiger partial charge on any atom is -0.480 e. The Morgan fingerprint density at radius 1 is 1.03 bits per heavy atom. The zero-order valence-corrected chi connectivity index (χ0v) is 17.0. The van der Waals surface area contributed by atoms with Gasteiger partial charge < -0.3 is 20.5 Å². The number of benzene rings is 2. The first-order chi connectivity index (χ1) is 15.3. The summed E-state index contributed by atoms with van der Waals surface area (Å²) in [5.74, 6) is -2.43. The molecule has 0 spiro atoms. The van der Waals surface area contributed by atoms with E-state index in [1.165, 1.54) is 0 Å². The lowest BCUT2D eigenvalue weighted by Gasteiger charge is -2.21. The molecule has 1 atom stereocenters. The molecule has 0 aliphatic heterocycles. The number of carboxylic acids is 1. The maximum atomic E-state index is 13.0. The summed E-state index contributed by atoms with van der Waals surface area (Å²) in [7, 11) is 0. The number of ether oxygens (including phenoxy) is 1. The lowest BCUT2D eigenvalue weighted by atomic mass is 9.98. The Kier molecular flexibility index (Phi) is 5.82. The zero-order chi connectivity index (χ0) is 22.9. The van der Waals surface area contributed by atoms with E-state index in [0.717, 1.165) is 22.3 Å². The number of nitrogens with one attached hydrogen (secondary N) is 2. The number of amides is 2. The maximum Gasteiger partial charge on any atom is 0.407 e. The molecule has 2 aromatic carbocycles. The first kappa shape index (κ1) is 21.7. The normalized spacial score (nSPS) is 16.6. The van der Waals surface area contributed by atoms with Crippen molar-refractivity contribution in [3.8, 4) is 11.1 Å². The number of fused-ring (bicyclic) bond motifs is 3. The van der Waals surface area contributed by atoms with Crippen molar-refractivity contribution in [3.63, 3.8) is 0 Å². The summed E-state index contributed by atoms with van der Waals surface area (Å²) in [4.78, 5) is 36.0. The van der Waals surface area contributed by atoms with Crippen molar-refractivity contribution < 1.29 is 33.0 Å². The number of hydrogen-bond donors (Lipinski definition) is 3. The number of halogens is 2. The molecule has 0 bridgehead atoms. The standard InChI is InChI=1S/C23H22F2N2O5/c24-19(25)11-18(20(28)27-23(9-10-23)21(29)30)26-22(31)32-12-17-15-7-3-1-5-13(15)14-6-2-4-8-16(14)17/h1-8,17-19H,9-12H2,(H,26,31)(H,27,28)(H,29,30). The second-order valence-electron chi connectivity index (χ2n) is 8.03. The fourth-order valence-corrected chi connectivity index (χ4v) is 4.03. The van der Waals surface area contributed by atoms with E-state index in [1.54, 1.807) is 0 Å². The molecular formula is C23H22F2N2O5. The van der Waals surface area contributed by atoms with Crippen molar-refractivity contribution in [2.75, 3.05) is 6.61 Å². The molecule has 0 radical (unpaired) electrons. The Labute approximate surface area is 182 Å². The number of alkyl carbamates (subject to hydrolysis) is 1. The summed E-state index contributed by atoms with van der Waals surface area (Å²) in [6.45, 7) is -0.0397. The summed E-state index contributed by atoms with van der Waals surface area (Å²) >= 11 is 0. The molecular weight excluding hydrogens is 422 g/mol. The van der Waals surface area contributed by atoms with Crippen LogP contribution in [0.3, 0.4) is 0 Å². The number of carbonyl (C=O) groups is 3. The van der Waals surface area contributed by atoms with Gasteiger partial charge in [-0.2, -0.15) is 0 Å². The minimum atomic E-state index is -2.88. The molecule has 2 aliphatic rings. The third-order valence-corrected chi connectivity index (χ3v) is 5.89. The van der Waals surface area contributed by atoms with Gasteiger partial charge in [0.05, 0.1) is 0 Å². The van der Waals surface area contributed by atoms with Gasteiger partial charge in [-0.1, -0.05) is 48.5 Å². The van der Waals surface area contributed by atoms with Crippen molar-refractivity contribution in [1.29, 1.82) is 0 Å². The molecule has 7 nitrogen and oxygen atoms in total. The monoisotopic (exact) mass is 444 g/mol. The number of rotatable bonds is 8. The lowest BCUT2D eigenvalue weighted by molar-refractivity contribution is -0.143. The minimum absolute atomic E-state index is 0.0397. The van der Waals surface area contributed by atoms with Crippen LogP contribution in [0, 0.1) is 0 Å². The number of carbonyl (C=O) groups excluding carboxylic acids is 2. The lowest BCUT2D eigenvalue weighted by Crippen LogP contribution is -2.53. The Bertz CT molecular complexity index is 1010. The predicted molar refractivity (Wildman–Crippen MR) is 110 cm³/mol. The summed E-state index contributed by atoms with van der Waals surface area (Å²) in [5.41, 5.74) is 2.60. The molecule has 4 rings (SSSR count). The number of alkyl halides is 2. The molecule has 32 heavy (non-hydrogen) atoms. The zero-order valence-electron chi connectivity index (χ0n) is 17.0. The number of carboxylic acid groups (broad SMARTS) is 1. The smallest absolute Gasteiger partial charge is 0.407 e. The van der Waals surface area contributed by atoms with Crippen molar-refractivity contribution in [2.45, 2.75) is 43.2 Å². The van der Waals surface area contributed by atoms with Gasteiger partial charge in [0.2, 0.25) is 12.3 Å². The summed E-state index contributed by atoms with van der Waals surface area (Å²) in [5, 5.41) is 13.6. The highest BCUT2D eigenvalue weighted by atomic mass is 19.3. The van der Waals surface area contributed by atoms with Gasteiger partial charge in [0.25, 0.3) is 0 Å². The second kappa shape index (κ2) is 8.57. The first-order valence-electron chi connectivity index (χ1n) is 10.3. The topological polar surface area (TPSA) is 105 Å². The molecule has 2 aliphatic carbocycles. The van der Waals surface area contributed by atoms with Crippen LogP contribution < -0.4 is 10.6 Å². The third-order valence-electron chi connectivity index (χ3n) is 5.89. The van der Waals surface area contributed by atoms with Gasteiger partial charge in [-0.05, 0) is 35.1 Å². The molecule has 2 aromatic rings. The van der Waals surface area contributed by atoms with E-state index in [1.807, 2.05) is 48.5 Å². The van der Waals surface area contributed by atoms with E-state index in [-0.39, 0.29) is 25.4 Å². The van der Waals surface area contributed by atoms with Crippen LogP contribution in [0.2, 0.25) is 0 Å². The molecule has 9 heteroatoms. The molecule has 0 heterocycles. The average Bonchev–Trinajstić information content (AvgIpc) is 3.48. The van der Waals surface area contributed by atoms with E-state index in [9.17, 15) is 28.3 Å². The van der Waals surface area contributed by atoms with Crippen molar-refractivity contribution in [1.82, 2.24) is 10.6 Å². The van der Waals surface area contributed by atoms with Crippen LogP contribution in [-0.2, 0) is 14.3 Å². The molecule has 0 saturated heterocycles. The molecule has 168 valence electrons. The van der Waals surface area contributed by atoms with Gasteiger partial charge >= 0.3 is 12.1 Å². The summed E-state index contributed by atoms with van der Waals surface area (Å²) < 4.78 is 31.3. The van der Waals surface area contributed by atoms with Gasteiger partial charge in [-0.15, -0.1) is 0 Å². The van der Waals surface area contributed by atoms with Gasteiger partial charge in [-0.25, -0.2) is 18.4 Å². The molecule has 2 amide bonds. The Morgan fingerprint density at radius 3 is 2.09 bits per heavy atom. The Morgan fingerprint density at radius 2 is 1.59 bits per heavy atom. The first-order valence-corrected chi connectivity index (χ1v) is 10.3. The highest BCUT2D eigenvalue weighted by Crippen LogP contribution is 2.44. The van der Waals surface area contributed by atoms with E-state index in [0.29, 0.717) is 0 Å². The second-order valence-corrected chi connectivity index (χ2v) is 8.03. The predicted octanol–water partition coefficient (Wildman–Crippen LogP) is 3.28. The van der Waals surface area contributed by atoms with Crippen LogP contribution in [0.25, 0.3) is 11.1 Å².